The fourth-order valence-electron chi connectivity index (χ4n) is 8.17. The van der Waals surface area contributed by atoms with Crippen LogP contribution in [0.1, 0.15) is 75.1 Å². The molecule has 5 atom stereocenters. The third-order valence-electron chi connectivity index (χ3n) is 12.2. The van der Waals surface area contributed by atoms with E-state index >= 15 is 4.39 Å². The number of pyridine rings is 1. The third kappa shape index (κ3) is 20.0. The number of imide groups is 1. The minimum Gasteiger partial charge on any atom is -0.475 e. The van der Waals surface area contributed by atoms with E-state index in [2.05, 4.69) is 36.9 Å². The molecule has 3 heterocycles. The average Bonchev–Trinajstić information content (AvgIpc) is 2.79. The smallest absolute Gasteiger partial charge is 0.475 e. The number of halogens is 5. The highest BCUT2D eigenvalue weighted by Gasteiger charge is 2.40. The number of carboxylic acid groups (broad SMARTS) is 1. The van der Waals surface area contributed by atoms with Gasteiger partial charge in [0.2, 0.25) is 41.4 Å². The van der Waals surface area contributed by atoms with Gasteiger partial charge in [0, 0.05) is 79.3 Å². The Labute approximate surface area is 471 Å². The number of rotatable bonds is 25. The topological polar surface area (TPSA) is 351 Å². The molecule has 446 valence electrons. The zero-order valence-electron chi connectivity index (χ0n) is 45.4. The fourth-order valence-corrected chi connectivity index (χ4v) is 8.17. The maximum atomic E-state index is 15.4. The Hall–Kier alpha value is -9.41. The molecule has 0 bridgehead atoms. The van der Waals surface area contributed by atoms with Crippen LogP contribution in [0.15, 0.2) is 97.5 Å². The first-order valence-electron chi connectivity index (χ1n) is 25.3. The van der Waals surface area contributed by atoms with Crippen LogP contribution in [0.25, 0.3) is 11.1 Å². The lowest BCUT2D eigenvalue weighted by Crippen LogP contribution is -2.58. The zero-order valence-corrected chi connectivity index (χ0v) is 45.4. The number of carbonyl (C=O) groups is 11. The number of carbonyl (C=O) groups excluding carboxylic acids is 10. The van der Waals surface area contributed by atoms with Crippen molar-refractivity contribution in [1.29, 1.82) is 0 Å². The monoisotopic (exact) mass is 1170 g/mol. The number of benzene rings is 2. The van der Waals surface area contributed by atoms with Gasteiger partial charge in [-0.25, -0.2) is 13.6 Å². The first-order valence-corrected chi connectivity index (χ1v) is 25.3. The summed E-state index contributed by atoms with van der Waals surface area (Å²) in [5.41, 5.74) is 6.23. The summed E-state index contributed by atoms with van der Waals surface area (Å²) in [7, 11) is 0. The molecule has 0 spiro atoms. The Morgan fingerprint density at radius 3 is 1.90 bits per heavy atom. The molecule has 24 nitrogen and oxygen atoms in total. The van der Waals surface area contributed by atoms with Crippen LogP contribution < -0.4 is 37.6 Å². The van der Waals surface area contributed by atoms with E-state index in [9.17, 15) is 70.6 Å². The van der Waals surface area contributed by atoms with Gasteiger partial charge in [-0.15, -0.1) is 0 Å². The molecule has 4 aromatic rings. The predicted octanol–water partition coefficient (Wildman–Crippen LogP) is 1.13. The summed E-state index contributed by atoms with van der Waals surface area (Å²) in [5, 5.41) is 32.4. The van der Waals surface area contributed by atoms with Crippen LogP contribution >= 0.6 is 0 Å². The highest BCUT2D eigenvalue weighted by Crippen LogP contribution is 2.41. The van der Waals surface area contributed by atoms with Crippen molar-refractivity contribution in [1.82, 2.24) is 51.3 Å². The highest BCUT2D eigenvalue weighted by atomic mass is 19.4. The SMILES string of the molecule is C[C@H](NC(=O)c1ccncc1)C(=O)N[C@@H](C)C(=O)N[C@@H](CC(N)=O)C(=O)N[C@@H](CCN(C(=O)CO)[C@@H](c1cc(-c2cc(F)ccc2F)cn1Cc1ccccc1)C(C)(C)C)C(=O)NCCNC(=O)CN1C(=O)C=CC1=O.O=C(O)C(F)(F)F. The van der Waals surface area contributed by atoms with Gasteiger partial charge in [0.05, 0.1) is 12.5 Å². The average molecular weight is 1170 g/mol. The molecule has 2 aromatic carbocycles. The Morgan fingerprint density at radius 1 is 0.747 bits per heavy atom. The molecule has 1 aliphatic heterocycles. The molecule has 0 saturated carbocycles. The van der Waals surface area contributed by atoms with E-state index in [1.54, 1.807) is 37.6 Å². The van der Waals surface area contributed by atoms with Crippen molar-refractivity contribution < 1.29 is 84.9 Å². The lowest BCUT2D eigenvalue weighted by Gasteiger charge is -2.41. The molecule has 0 radical (unpaired) electrons. The van der Waals surface area contributed by atoms with Crippen LogP contribution in [0.4, 0.5) is 22.0 Å². The molecule has 0 saturated heterocycles. The molecular formula is C54H62F5N11O13. The van der Waals surface area contributed by atoms with E-state index in [0.29, 0.717) is 10.6 Å². The summed E-state index contributed by atoms with van der Waals surface area (Å²) in [4.78, 5) is 145. The molecule has 1 aliphatic rings. The maximum Gasteiger partial charge on any atom is 0.490 e. The summed E-state index contributed by atoms with van der Waals surface area (Å²) < 4.78 is 63.5. The number of nitrogens with one attached hydrogen (secondary N) is 6. The van der Waals surface area contributed by atoms with E-state index in [1.165, 1.54) is 43.3 Å². The van der Waals surface area contributed by atoms with E-state index in [1.807, 2.05) is 30.3 Å². The lowest BCUT2D eigenvalue weighted by molar-refractivity contribution is -0.192. The molecule has 10 amide bonds. The van der Waals surface area contributed by atoms with Crippen LogP contribution in [-0.4, -0.2) is 158 Å². The largest absolute Gasteiger partial charge is 0.490 e. The van der Waals surface area contributed by atoms with Crippen molar-refractivity contribution in [2.75, 3.05) is 32.8 Å². The summed E-state index contributed by atoms with van der Waals surface area (Å²) in [6.45, 7) is 5.68. The molecule has 29 heteroatoms. The number of alkyl halides is 3. The number of hydrogen-bond donors (Lipinski definition) is 9. The molecular weight excluding hydrogens is 1110 g/mol. The van der Waals surface area contributed by atoms with Gasteiger partial charge >= 0.3 is 12.1 Å². The van der Waals surface area contributed by atoms with Crippen molar-refractivity contribution in [2.24, 2.45) is 11.1 Å². The molecule has 10 N–H and O–H groups in total. The first-order chi connectivity index (χ1) is 38.9. The Bertz CT molecular complexity index is 3050. The number of nitrogens with zero attached hydrogens (tertiary/aromatic N) is 4. The number of primary amides is 1. The van der Waals surface area contributed by atoms with Crippen molar-refractivity contribution in [3.05, 3.63) is 126 Å². The number of aliphatic hydroxyl groups is 1. The Kier molecular flexibility index (Phi) is 23.8. The van der Waals surface area contributed by atoms with Crippen LogP contribution in [-0.2, 0) is 54.5 Å². The molecule has 0 unspecified atom stereocenters. The van der Waals surface area contributed by atoms with Gasteiger partial charge < -0.3 is 57.3 Å². The van der Waals surface area contributed by atoms with Crippen molar-refractivity contribution >= 4 is 65.0 Å². The first kappa shape index (κ1) is 66.1. The highest BCUT2D eigenvalue weighted by molar-refractivity contribution is 6.14. The van der Waals surface area contributed by atoms with Crippen LogP contribution in [0.3, 0.4) is 0 Å². The van der Waals surface area contributed by atoms with Gasteiger partial charge in [-0.3, -0.25) is 57.8 Å². The summed E-state index contributed by atoms with van der Waals surface area (Å²) in [6, 6.07) is 9.72. The Morgan fingerprint density at radius 2 is 1.33 bits per heavy atom. The fraction of sp³-hybridized carbons (Fsp3) is 0.370. The van der Waals surface area contributed by atoms with Gasteiger partial charge in [0.15, 0.2) is 0 Å². The normalized spacial score (nSPS) is 13.9. The van der Waals surface area contributed by atoms with Crippen LogP contribution in [0.2, 0.25) is 0 Å². The summed E-state index contributed by atoms with van der Waals surface area (Å²) in [5.74, 6) is -12.6. The van der Waals surface area contributed by atoms with Gasteiger partial charge in [-0.05, 0) is 67.6 Å². The minimum absolute atomic E-state index is 0.0687. The molecule has 83 heavy (non-hydrogen) atoms. The second-order valence-electron chi connectivity index (χ2n) is 19.7. The summed E-state index contributed by atoms with van der Waals surface area (Å²) in [6.07, 6.45) is 0.0859. The number of amides is 10. The zero-order chi connectivity index (χ0) is 61.9. The molecule has 5 rings (SSSR count). The number of aliphatic carboxylic acids is 1. The number of carboxylic acids is 1. The molecule has 0 aliphatic carbocycles. The summed E-state index contributed by atoms with van der Waals surface area (Å²) >= 11 is 0. The quantitative estimate of drug-likeness (QED) is 0.0255. The van der Waals surface area contributed by atoms with Gasteiger partial charge in [0.1, 0.15) is 49.0 Å². The van der Waals surface area contributed by atoms with Crippen LogP contribution in [0, 0.1) is 17.0 Å². The number of aromatic nitrogens is 2. The second kappa shape index (κ2) is 29.9. The minimum atomic E-state index is -5.08. The van der Waals surface area contributed by atoms with Crippen molar-refractivity contribution in [3.63, 3.8) is 0 Å². The van der Waals surface area contributed by atoms with E-state index in [4.69, 9.17) is 15.6 Å². The second-order valence-corrected chi connectivity index (χ2v) is 19.7. The van der Waals surface area contributed by atoms with Gasteiger partial charge in [0.25, 0.3) is 17.7 Å². The van der Waals surface area contributed by atoms with Gasteiger partial charge in [-0.2, -0.15) is 13.2 Å². The molecule has 0 fully saturated rings. The van der Waals surface area contributed by atoms with E-state index < -0.39 is 144 Å². The number of aliphatic hydroxyl groups excluding tert-OH is 1. The van der Waals surface area contributed by atoms with Crippen LogP contribution in [0.5, 0.6) is 0 Å². The molecule has 2 aromatic heterocycles. The van der Waals surface area contributed by atoms with Gasteiger partial charge in [-0.1, -0.05) is 51.1 Å². The third-order valence-corrected chi connectivity index (χ3v) is 12.2. The standard InChI is InChI=1S/C52H61F2N11O11.C2HF3O2/c1-30(60-49(74)33-15-18-56-19-16-33)47(72)59-31(2)48(73)62-39(25-41(55)67)51(76)61-38(50(75)58-21-20-57-42(68)28-65-43(69)13-14-44(65)70)17-22-64(45(71)29-66)46(52(3,4)5)40-23-34(36-24-35(53)11-12-37(36)54)27-63(40)26-32-9-7-6-8-10-32;3-2(4,5)1(6)7/h6-16,18-19,23-24,27,30-31,38-39,46,66H,17,20-22,25-26,28-29H2,1-5H3,(H2,55,67)(H,57,68)(H,58,75)(H,59,72)(H,60,74)(H,61,76)(H,62,73);(H,6,7)/t30-,31-,38-,39-,46-;/m0./s1. The van der Waals surface area contributed by atoms with E-state index in [-0.39, 0.29) is 42.9 Å². The lowest BCUT2D eigenvalue weighted by atomic mass is 9.82. The van der Waals surface area contributed by atoms with Crippen molar-refractivity contribution in [3.8, 4) is 11.1 Å². The van der Waals surface area contributed by atoms with E-state index in [0.717, 1.165) is 35.9 Å². The predicted molar refractivity (Wildman–Crippen MR) is 283 cm³/mol. The maximum absolute atomic E-state index is 15.4. The van der Waals surface area contributed by atoms with Crippen molar-refractivity contribution in [2.45, 2.75) is 90.4 Å². The number of hydrogen-bond acceptors (Lipinski definition) is 13. The number of nitrogens with two attached hydrogens (primary N) is 1. The Balaban J connectivity index is 0.00000198.